The molecule has 1 aliphatic rings. The smallest absolute Gasteiger partial charge is 0.272 e. The normalized spacial score (nSPS) is 12.6. The van der Waals surface area contributed by atoms with Crippen molar-refractivity contribution in [1.29, 1.82) is 0 Å². The molecule has 1 aliphatic heterocycles. The van der Waals surface area contributed by atoms with Gasteiger partial charge < -0.3 is 19.4 Å². The van der Waals surface area contributed by atoms with Gasteiger partial charge in [0.15, 0.2) is 11.5 Å². The summed E-state index contributed by atoms with van der Waals surface area (Å²) in [7, 11) is 1.91. The molecule has 4 rings (SSSR count). The Hall–Kier alpha value is -2.95. The lowest BCUT2D eigenvalue weighted by Gasteiger charge is -2.08. The first-order valence-corrected chi connectivity index (χ1v) is 7.40. The minimum Gasteiger partial charge on any atom is -0.454 e. The van der Waals surface area contributed by atoms with Crippen molar-refractivity contribution in [2.24, 2.45) is 7.05 Å². The zero-order chi connectivity index (χ0) is 16.0. The number of nitrogens with one attached hydrogen (secondary N) is 1. The van der Waals surface area contributed by atoms with Gasteiger partial charge in [0.1, 0.15) is 5.69 Å². The van der Waals surface area contributed by atoms with Crippen molar-refractivity contribution in [2.75, 3.05) is 12.1 Å². The maximum atomic E-state index is 12.7. The molecular weight excluding hydrogens is 292 g/mol. The highest BCUT2D eigenvalue weighted by Crippen LogP contribution is 2.34. The summed E-state index contributed by atoms with van der Waals surface area (Å²) in [5.41, 5.74) is 3.36. The molecule has 2 aromatic carbocycles. The number of carbonyl (C=O) groups is 1. The van der Waals surface area contributed by atoms with Crippen LogP contribution in [0.15, 0.2) is 42.5 Å². The summed E-state index contributed by atoms with van der Waals surface area (Å²) < 4.78 is 12.5. The fourth-order valence-electron chi connectivity index (χ4n) is 3.07. The van der Waals surface area contributed by atoms with Gasteiger partial charge in [0.2, 0.25) is 6.79 Å². The van der Waals surface area contributed by atoms with Crippen LogP contribution in [0.5, 0.6) is 11.5 Å². The number of hydrogen-bond donors (Lipinski definition) is 1. The van der Waals surface area contributed by atoms with Gasteiger partial charge in [0.25, 0.3) is 5.91 Å². The fourth-order valence-corrected chi connectivity index (χ4v) is 3.07. The van der Waals surface area contributed by atoms with Gasteiger partial charge in [-0.1, -0.05) is 18.2 Å². The second-order valence-corrected chi connectivity index (χ2v) is 5.57. The minimum atomic E-state index is -0.139. The molecule has 0 saturated heterocycles. The van der Waals surface area contributed by atoms with Crippen LogP contribution in [0.4, 0.5) is 5.69 Å². The number of carbonyl (C=O) groups excluding carboxylic acids is 1. The Morgan fingerprint density at radius 1 is 1.13 bits per heavy atom. The molecule has 0 bridgehead atoms. The lowest BCUT2D eigenvalue weighted by molar-refractivity contribution is 0.101. The predicted octanol–water partition coefficient (Wildman–Crippen LogP) is 3.47. The number of aryl methyl sites for hydroxylation is 2. The van der Waals surface area contributed by atoms with Gasteiger partial charge in [-0.05, 0) is 30.7 Å². The summed E-state index contributed by atoms with van der Waals surface area (Å²) in [5, 5.41) is 4.02. The van der Waals surface area contributed by atoms with Crippen LogP contribution in [0, 0.1) is 6.92 Å². The van der Waals surface area contributed by atoms with Crippen LogP contribution < -0.4 is 14.8 Å². The Kier molecular flexibility index (Phi) is 3.01. The van der Waals surface area contributed by atoms with Gasteiger partial charge in [0, 0.05) is 29.7 Å². The molecule has 5 heteroatoms. The van der Waals surface area contributed by atoms with Crippen molar-refractivity contribution in [2.45, 2.75) is 6.92 Å². The molecule has 116 valence electrons. The van der Waals surface area contributed by atoms with Gasteiger partial charge in [-0.3, -0.25) is 4.79 Å². The molecule has 1 aromatic heterocycles. The third kappa shape index (κ3) is 2.12. The Labute approximate surface area is 133 Å². The summed E-state index contributed by atoms with van der Waals surface area (Å²) in [6.07, 6.45) is 0. The maximum Gasteiger partial charge on any atom is 0.272 e. The van der Waals surface area contributed by atoms with Crippen molar-refractivity contribution in [1.82, 2.24) is 4.57 Å². The number of nitrogens with zero attached hydrogens (tertiary/aromatic N) is 1. The van der Waals surface area contributed by atoms with Crippen LogP contribution in [-0.4, -0.2) is 17.3 Å². The highest BCUT2D eigenvalue weighted by Gasteiger charge is 2.19. The number of anilines is 1. The summed E-state index contributed by atoms with van der Waals surface area (Å²) in [6, 6.07) is 13.4. The van der Waals surface area contributed by atoms with E-state index < -0.39 is 0 Å². The Bertz CT molecular complexity index is 888. The van der Waals surface area contributed by atoms with E-state index in [1.165, 1.54) is 0 Å². The van der Waals surface area contributed by atoms with Crippen molar-refractivity contribution in [3.63, 3.8) is 0 Å². The van der Waals surface area contributed by atoms with Gasteiger partial charge in [-0.2, -0.15) is 0 Å². The summed E-state index contributed by atoms with van der Waals surface area (Å²) in [5.74, 6) is 1.21. The SMILES string of the molecule is Cc1c(C(=O)Nc2ccc3c(c2)OCO3)n(C)c2ccccc12. The molecular formula is C18H16N2O3. The van der Waals surface area contributed by atoms with Crippen LogP contribution in [0.1, 0.15) is 16.1 Å². The van der Waals surface area contributed by atoms with Crippen molar-refractivity contribution >= 4 is 22.5 Å². The summed E-state index contributed by atoms with van der Waals surface area (Å²) >= 11 is 0. The maximum absolute atomic E-state index is 12.7. The Morgan fingerprint density at radius 3 is 2.74 bits per heavy atom. The Morgan fingerprint density at radius 2 is 1.91 bits per heavy atom. The zero-order valence-electron chi connectivity index (χ0n) is 12.9. The average Bonchev–Trinajstić information content (AvgIpc) is 3.11. The molecule has 0 spiro atoms. The molecule has 1 N–H and O–H groups in total. The van der Waals surface area contributed by atoms with E-state index in [2.05, 4.69) is 5.32 Å². The number of amides is 1. The number of fused-ring (bicyclic) bond motifs is 2. The van der Waals surface area contributed by atoms with Crippen molar-refractivity contribution < 1.29 is 14.3 Å². The van der Waals surface area contributed by atoms with Crippen LogP contribution in [0.2, 0.25) is 0 Å². The second-order valence-electron chi connectivity index (χ2n) is 5.57. The molecule has 0 unspecified atom stereocenters. The van der Waals surface area contributed by atoms with E-state index in [0.29, 0.717) is 22.9 Å². The lowest BCUT2D eigenvalue weighted by atomic mass is 10.1. The number of para-hydroxylation sites is 1. The number of ether oxygens (including phenoxy) is 2. The van der Waals surface area contributed by atoms with Crippen LogP contribution in [-0.2, 0) is 7.05 Å². The quantitative estimate of drug-likeness (QED) is 0.788. The van der Waals surface area contributed by atoms with Crippen molar-refractivity contribution in [3.05, 3.63) is 53.7 Å². The topological polar surface area (TPSA) is 52.5 Å². The highest BCUT2D eigenvalue weighted by atomic mass is 16.7. The summed E-state index contributed by atoms with van der Waals surface area (Å²) in [6.45, 7) is 2.19. The molecule has 0 atom stereocenters. The first kappa shape index (κ1) is 13.7. The molecule has 1 amide bonds. The minimum absolute atomic E-state index is 0.139. The third-order valence-electron chi connectivity index (χ3n) is 4.21. The lowest BCUT2D eigenvalue weighted by Crippen LogP contribution is -2.16. The second kappa shape index (κ2) is 5.05. The number of rotatable bonds is 2. The number of aromatic nitrogens is 1. The molecule has 0 aliphatic carbocycles. The van der Waals surface area contributed by atoms with E-state index in [1.807, 2.05) is 48.9 Å². The van der Waals surface area contributed by atoms with Gasteiger partial charge in [0.05, 0.1) is 0 Å². The molecule has 0 radical (unpaired) electrons. The van der Waals surface area contributed by atoms with Gasteiger partial charge >= 0.3 is 0 Å². The first-order valence-electron chi connectivity index (χ1n) is 7.40. The van der Waals surface area contributed by atoms with E-state index in [9.17, 15) is 4.79 Å². The molecule has 2 heterocycles. The molecule has 23 heavy (non-hydrogen) atoms. The van der Waals surface area contributed by atoms with E-state index >= 15 is 0 Å². The molecule has 5 nitrogen and oxygen atoms in total. The first-order chi connectivity index (χ1) is 11.1. The Balaban J connectivity index is 1.70. The summed E-state index contributed by atoms with van der Waals surface area (Å²) in [4.78, 5) is 12.7. The van der Waals surface area contributed by atoms with Crippen molar-refractivity contribution in [3.8, 4) is 11.5 Å². The van der Waals surface area contributed by atoms with Crippen LogP contribution in [0.25, 0.3) is 10.9 Å². The largest absolute Gasteiger partial charge is 0.454 e. The molecule has 0 saturated carbocycles. The van der Waals surface area contributed by atoms with Gasteiger partial charge in [-0.15, -0.1) is 0 Å². The zero-order valence-corrected chi connectivity index (χ0v) is 12.9. The van der Waals surface area contributed by atoms with E-state index in [-0.39, 0.29) is 12.7 Å². The van der Waals surface area contributed by atoms with E-state index in [0.717, 1.165) is 16.5 Å². The van der Waals surface area contributed by atoms with Gasteiger partial charge in [-0.25, -0.2) is 0 Å². The average molecular weight is 308 g/mol. The number of hydrogen-bond acceptors (Lipinski definition) is 3. The van der Waals surface area contributed by atoms with E-state index in [4.69, 9.17) is 9.47 Å². The molecule has 0 fully saturated rings. The highest BCUT2D eigenvalue weighted by molar-refractivity contribution is 6.08. The third-order valence-corrected chi connectivity index (χ3v) is 4.21. The number of benzene rings is 2. The van der Waals surface area contributed by atoms with Crippen LogP contribution in [0.3, 0.4) is 0 Å². The predicted molar refractivity (Wildman–Crippen MR) is 88.2 cm³/mol. The standard InChI is InChI=1S/C18H16N2O3/c1-11-13-5-3-4-6-14(13)20(2)17(11)18(21)19-12-7-8-15-16(9-12)23-10-22-15/h3-9H,10H2,1-2H3,(H,19,21). The fraction of sp³-hybridized carbons (Fsp3) is 0.167. The van der Waals surface area contributed by atoms with Crippen LogP contribution >= 0.6 is 0 Å². The molecule has 3 aromatic rings. The van der Waals surface area contributed by atoms with E-state index in [1.54, 1.807) is 12.1 Å². The monoisotopic (exact) mass is 308 g/mol.